The standard InChI is InChI=1S/C20H19N7O/c21-13-26-10-4-6-15(12-26)27-20-18(19(22)23-14-24-20)17(25-27)9-5-11-28-16-7-2-1-3-8-16/h1-3,7-8,14-15H,4,6,10-12H2,(H2,22,23,24). The average molecular weight is 373 g/mol. The van der Waals surface area contributed by atoms with Crippen LogP contribution in [0.3, 0.4) is 0 Å². The summed E-state index contributed by atoms with van der Waals surface area (Å²) in [6.45, 7) is 1.60. The van der Waals surface area contributed by atoms with E-state index in [1.165, 1.54) is 6.33 Å². The lowest BCUT2D eigenvalue weighted by atomic mass is 10.1. The first kappa shape index (κ1) is 17.6. The fourth-order valence-electron chi connectivity index (χ4n) is 3.34. The Morgan fingerprint density at radius 1 is 1.25 bits per heavy atom. The van der Waals surface area contributed by atoms with Gasteiger partial charge in [-0.3, -0.25) is 0 Å². The van der Waals surface area contributed by atoms with E-state index in [4.69, 9.17) is 10.5 Å². The molecule has 140 valence electrons. The number of piperidine rings is 1. The molecule has 28 heavy (non-hydrogen) atoms. The molecule has 1 fully saturated rings. The van der Waals surface area contributed by atoms with Crippen molar-refractivity contribution in [2.24, 2.45) is 0 Å². The van der Waals surface area contributed by atoms with Crippen LogP contribution in [0.4, 0.5) is 5.82 Å². The van der Waals surface area contributed by atoms with Gasteiger partial charge in [-0.25, -0.2) is 14.6 Å². The van der Waals surface area contributed by atoms with E-state index in [2.05, 4.69) is 33.1 Å². The number of rotatable bonds is 3. The van der Waals surface area contributed by atoms with Crippen molar-refractivity contribution in [3.63, 3.8) is 0 Å². The summed E-state index contributed by atoms with van der Waals surface area (Å²) in [4.78, 5) is 10.2. The molecule has 0 bridgehead atoms. The first-order valence-electron chi connectivity index (χ1n) is 9.06. The van der Waals surface area contributed by atoms with Crippen LogP contribution >= 0.6 is 0 Å². The molecule has 3 aromatic rings. The smallest absolute Gasteiger partial charge is 0.179 e. The molecule has 2 N–H and O–H groups in total. The van der Waals surface area contributed by atoms with Crippen molar-refractivity contribution in [2.75, 3.05) is 25.4 Å². The molecule has 1 aliphatic heterocycles. The number of nitrogens with zero attached hydrogens (tertiary/aromatic N) is 6. The Bertz CT molecular complexity index is 1070. The molecule has 1 aromatic carbocycles. The van der Waals surface area contributed by atoms with Crippen LogP contribution in [-0.2, 0) is 0 Å². The zero-order valence-electron chi connectivity index (χ0n) is 15.2. The van der Waals surface area contributed by atoms with Gasteiger partial charge in [-0.05, 0) is 30.9 Å². The van der Waals surface area contributed by atoms with Crippen molar-refractivity contribution in [2.45, 2.75) is 18.9 Å². The zero-order chi connectivity index (χ0) is 19.3. The average Bonchev–Trinajstić information content (AvgIpc) is 3.12. The van der Waals surface area contributed by atoms with E-state index in [9.17, 15) is 5.26 Å². The number of nitrogens with two attached hydrogens (primary N) is 1. The highest BCUT2D eigenvalue weighted by atomic mass is 16.5. The van der Waals surface area contributed by atoms with Crippen molar-refractivity contribution >= 4 is 16.9 Å². The third-order valence-electron chi connectivity index (χ3n) is 4.66. The minimum Gasteiger partial charge on any atom is -0.481 e. The Hall–Kier alpha value is -3.78. The van der Waals surface area contributed by atoms with Gasteiger partial charge in [-0.2, -0.15) is 10.4 Å². The van der Waals surface area contributed by atoms with Crippen LogP contribution in [0.25, 0.3) is 11.0 Å². The van der Waals surface area contributed by atoms with Gasteiger partial charge in [0.05, 0.1) is 18.0 Å². The number of ether oxygens (including phenoxy) is 1. The normalized spacial score (nSPS) is 16.2. The summed E-state index contributed by atoms with van der Waals surface area (Å²) in [5.41, 5.74) is 7.25. The summed E-state index contributed by atoms with van der Waals surface area (Å²) in [6, 6.07) is 9.54. The highest BCUT2D eigenvalue weighted by molar-refractivity contribution is 5.90. The lowest BCUT2D eigenvalue weighted by molar-refractivity contribution is 0.236. The number of benzene rings is 1. The van der Waals surface area contributed by atoms with Gasteiger partial charge in [0.2, 0.25) is 0 Å². The summed E-state index contributed by atoms with van der Waals surface area (Å²) < 4.78 is 7.44. The SMILES string of the molecule is N#CN1CCCC(n2nc(C#CCOc3ccccc3)c3c(N)ncnc32)C1. The van der Waals surface area contributed by atoms with E-state index in [0.717, 1.165) is 25.1 Å². The second-order valence-corrected chi connectivity index (χ2v) is 6.50. The summed E-state index contributed by atoms with van der Waals surface area (Å²) in [5.74, 6) is 7.12. The van der Waals surface area contributed by atoms with Gasteiger partial charge in [0.15, 0.2) is 11.8 Å². The fraction of sp³-hybridized carbons (Fsp3) is 0.300. The molecule has 1 saturated heterocycles. The number of para-hydroxylation sites is 1. The Kier molecular flexibility index (Phi) is 4.94. The number of hydrogen-bond donors (Lipinski definition) is 1. The van der Waals surface area contributed by atoms with Gasteiger partial charge in [-0.1, -0.05) is 24.1 Å². The van der Waals surface area contributed by atoms with Crippen LogP contribution in [0.2, 0.25) is 0 Å². The number of nitriles is 1. The van der Waals surface area contributed by atoms with E-state index in [1.54, 1.807) is 4.90 Å². The monoisotopic (exact) mass is 373 g/mol. The van der Waals surface area contributed by atoms with Crippen LogP contribution < -0.4 is 10.5 Å². The molecule has 4 rings (SSSR count). The van der Waals surface area contributed by atoms with Crippen LogP contribution in [0, 0.1) is 23.3 Å². The maximum atomic E-state index is 9.22. The minimum absolute atomic E-state index is 0.0429. The molecule has 0 amide bonds. The molecule has 8 nitrogen and oxygen atoms in total. The molecule has 1 unspecified atom stereocenters. The molecule has 0 radical (unpaired) electrons. The molecular formula is C20H19N7O. The Labute approximate surface area is 162 Å². The summed E-state index contributed by atoms with van der Waals surface area (Å²) in [7, 11) is 0. The van der Waals surface area contributed by atoms with Crippen molar-refractivity contribution in [1.29, 1.82) is 5.26 Å². The minimum atomic E-state index is 0.0429. The third kappa shape index (κ3) is 3.53. The highest BCUT2D eigenvalue weighted by Gasteiger charge is 2.25. The topological polar surface area (TPSA) is 106 Å². The maximum absolute atomic E-state index is 9.22. The van der Waals surface area contributed by atoms with Crippen LogP contribution in [0.15, 0.2) is 36.7 Å². The second-order valence-electron chi connectivity index (χ2n) is 6.50. The summed E-state index contributed by atoms with van der Waals surface area (Å²) >= 11 is 0. The summed E-state index contributed by atoms with van der Waals surface area (Å²) in [5, 5.41) is 14.5. The van der Waals surface area contributed by atoms with Crippen molar-refractivity contribution in [1.82, 2.24) is 24.6 Å². The molecule has 3 heterocycles. The number of fused-ring (bicyclic) bond motifs is 1. The lowest BCUT2D eigenvalue weighted by Gasteiger charge is -2.28. The predicted octanol–water partition coefficient (Wildman–Crippen LogP) is 1.96. The lowest BCUT2D eigenvalue weighted by Crippen LogP contribution is -2.33. The first-order chi connectivity index (χ1) is 13.8. The van der Waals surface area contributed by atoms with Crippen molar-refractivity contribution in [3.05, 3.63) is 42.4 Å². The van der Waals surface area contributed by atoms with E-state index in [0.29, 0.717) is 29.1 Å². The Balaban J connectivity index is 1.62. The Morgan fingerprint density at radius 3 is 2.93 bits per heavy atom. The van der Waals surface area contributed by atoms with Crippen molar-refractivity contribution in [3.8, 4) is 23.8 Å². The quantitative estimate of drug-likeness (QED) is 0.552. The van der Waals surface area contributed by atoms with Gasteiger partial charge in [-0.15, -0.1) is 0 Å². The number of aromatic nitrogens is 4. The van der Waals surface area contributed by atoms with Gasteiger partial charge in [0, 0.05) is 6.54 Å². The molecule has 2 aromatic heterocycles. The molecular weight excluding hydrogens is 354 g/mol. The van der Waals surface area contributed by atoms with Gasteiger partial charge in [0.1, 0.15) is 30.2 Å². The van der Waals surface area contributed by atoms with Gasteiger partial charge >= 0.3 is 0 Å². The van der Waals surface area contributed by atoms with Crippen LogP contribution in [-0.4, -0.2) is 44.3 Å². The maximum Gasteiger partial charge on any atom is 0.179 e. The molecule has 8 heteroatoms. The molecule has 1 aliphatic rings. The van der Waals surface area contributed by atoms with Gasteiger partial charge in [0.25, 0.3) is 0 Å². The number of hydrogen-bond acceptors (Lipinski definition) is 7. The zero-order valence-corrected chi connectivity index (χ0v) is 15.2. The highest BCUT2D eigenvalue weighted by Crippen LogP contribution is 2.27. The van der Waals surface area contributed by atoms with Crippen molar-refractivity contribution < 1.29 is 4.74 Å². The van der Waals surface area contributed by atoms with Gasteiger partial charge < -0.3 is 15.4 Å². The molecule has 0 saturated carbocycles. The van der Waals surface area contributed by atoms with E-state index in [-0.39, 0.29) is 12.6 Å². The second kappa shape index (κ2) is 7.85. The van der Waals surface area contributed by atoms with E-state index < -0.39 is 0 Å². The number of likely N-dealkylation sites (tertiary alicyclic amines) is 1. The molecule has 0 spiro atoms. The number of nitrogen functional groups attached to an aromatic ring is 1. The molecule has 1 atom stereocenters. The van der Waals surface area contributed by atoms with E-state index >= 15 is 0 Å². The predicted molar refractivity (Wildman–Crippen MR) is 104 cm³/mol. The Morgan fingerprint density at radius 2 is 2.11 bits per heavy atom. The van der Waals surface area contributed by atoms with Crippen LogP contribution in [0.1, 0.15) is 24.6 Å². The number of anilines is 1. The first-order valence-corrected chi connectivity index (χ1v) is 9.06. The third-order valence-corrected chi connectivity index (χ3v) is 4.66. The fourth-order valence-corrected chi connectivity index (χ4v) is 3.34. The summed E-state index contributed by atoms with van der Waals surface area (Å²) in [6.07, 6.45) is 5.49. The van der Waals surface area contributed by atoms with Crippen LogP contribution in [0.5, 0.6) is 5.75 Å². The molecule has 0 aliphatic carbocycles. The largest absolute Gasteiger partial charge is 0.481 e. The van der Waals surface area contributed by atoms with E-state index in [1.807, 2.05) is 35.0 Å².